The molecule has 3 heteroatoms. The van der Waals surface area contributed by atoms with Crippen LogP contribution in [-0.2, 0) is 0 Å². The Morgan fingerprint density at radius 3 is 2.58 bits per heavy atom. The molecule has 1 heterocycles. The van der Waals surface area contributed by atoms with E-state index in [0.717, 1.165) is 11.7 Å². The molecule has 1 aliphatic rings. The summed E-state index contributed by atoms with van der Waals surface area (Å²) in [5.74, 6) is 1.73. The highest BCUT2D eigenvalue weighted by molar-refractivity contribution is 5.51. The van der Waals surface area contributed by atoms with Crippen molar-refractivity contribution in [2.45, 2.75) is 32.7 Å². The molecule has 3 nitrogen and oxygen atoms in total. The fourth-order valence-electron chi connectivity index (χ4n) is 2.88. The van der Waals surface area contributed by atoms with Gasteiger partial charge in [0.15, 0.2) is 0 Å². The van der Waals surface area contributed by atoms with Gasteiger partial charge in [-0.15, -0.1) is 0 Å². The van der Waals surface area contributed by atoms with Gasteiger partial charge in [0, 0.05) is 11.7 Å². The Morgan fingerprint density at radius 1 is 1.32 bits per heavy atom. The number of anilines is 1. The Labute approximate surface area is 116 Å². The van der Waals surface area contributed by atoms with E-state index in [0.29, 0.717) is 6.04 Å². The molecule has 1 N–H and O–H groups in total. The number of likely N-dealkylation sites (tertiary alicyclic amines) is 1. The van der Waals surface area contributed by atoms with Crippen molar-refractivity contribution in [2.75, 3.05) is 32.6 Å². The van der Waals surface area contributed by atoms with E-state index in [4.69, 9.17) is 4.74 Å². The fourth-order valence-corrected chi connectivity index (χ4v) is 2.88. The van der Waals surface area contributed by atoms with E-state index in [2.05, 4.69) is 43.2 Å². The maximum atomic E-state index is 5.30. The van der Waals surface area contributed by atoms with Gasteiger partial charge in [-0.05, 0) is 76.5 Å². The molecule has 1 fully saturated rings. The van der Waals surface area contributed by atoms with Crippen LogP contribution in [0.4, 0.5) is 5.69 Å². The van der Waals surface area contributed by atoms with Crippen molar-refractivity contribution < 1.29 is 4.74 Å². The minimum atomic E-state index is 0.529. The third-order valence-electron chi connectivity index (χ3n) is 4.26. The first-order chi connectivity index (χ1) is 9.10. The minimum absolute atomic E-state index is 0.529. The zero-order chi connectivity index (χ0) is 13.8. The molecule has 0 amide bonds. The molecule has 1 aromatic carbocycles. The number of nitrogens with one attached hydrogen (secondary N) is 1. The molecular formula is C16H26N2O. The van der Waals surface area contributed by atoms with Crippen LogP contribution in [0.2, 0.25) is 0 Å². The van der Waals surface area contributed by atoms with Gasteiger partial charge in [0.1, 0.15) is 5.75 Å². The summed E-state index contributed by atoms with van der Waals surface area (Å²) in [6, 6.07) is 6.85. The first-order valence-electron chi connectivity index (χ1n) is 7.20. The van der Waals surface area contributed by atoms with Crippen molar-refractivity contribution in [3.05, 3.63) is 23.8 Å². The van der Waals surface area contributed by atoms with Crippen LogP contribution in [0.15, 0.2) is 18.2 Å². The molecule has 1 aromatic rings. The van der Waals surface area contributed by atoms with Crippen LogP contribution < -0.4 is 10.1 Å². The molecule has 0 saturated carbocycles. The van der Waals surface area contributed by atoms with Crippen LogP contribution in [0.5, 0.6) is 5.75 Å². The summed E-state index contributed by atoms with van der Waals surface area (Å²) in [6.45, 7) is 6.83. The van der Waals surface area contributed by atoms with Crippen LogP contribution in [0.25, 0.3) is 0 Å². The largest absolute Gasteiger partial charge is 0.496 e. The third kappa shape index (κ3) is 3.63. The molecular weight excluding hydrogens is 236 g/mol. The third-order valence-corrected chi connectivity index (χ3v) is 4.26. The predicted molar refractivity (Wildman–Crippen MR) is 81.0 cm³/mol. The summed E-state index contributed by atoms with van der Waals surface area (Å²) in [6.07, 6.45) is 2.58. The van der Waals surface area contributed by atoms with Gasteiger partial charge >= 0.3 is 0 Å². The molecule has 0 aliphatic carbocycles. The van der Waals surface area contributed by atoms with Crippen molar-refractivity contribution in [2.24, 2.45) is 5.92 Å². The topological polar surface area (TPSA) is 24.5 Å². The van der Waals surface area contributed by atoms with Gasteiger partial charge in [-0.2, -0.15) is 0 Å². The van der Waals surface area contributed by atoms with Gasteiger partial charge in [-0.25, -0.2) is 0 Å². The number of aryl methyl sites for hydroxylation is 1. The fraction of sp³-hybridized carbons (Fsp3) is 0.625. The summed E-state index contributed by atoms with van der Waals surface area (Å²) >= 11 is 0. The van der Waals surface area contributed by atoms with E-state index in [1.54, 1.807) is 7.11 Å². The Hall–Kier alpha value is -1.22. The second-order valence-electron chi connectivity index (χ2n) is 5.76. The minimum Gasteiger partial charge on any atom is -0.496 e. The number of methoxy groups -OCH3 is 1. The molecule has 0 radical (unpaired) electrons. The summed E-state index contributed by atoms with van der Waals surface area (Å²) in [4.78, 5) is 2.42. The Morgan fingerprint density at radius 2 is 2.00 bits per heavy atom. The Bertz CT molecular complexity index is 411. The molecule has 1 unspecified atom stereocenters. The normalized spacial score (nSPS) is 19.2. The average Bonchev–Trinajstić information content (AvgIpc) is 2.39. The number of hydrogen-bond donors (Lipinski definition) is 1. The molecule has 1 aliphatic heterocycles. The SMILES string of the molecule is COc1ccc(NC(C)C2CCN(C)CC2)cc1C. The predicted octanol–water partition coefficient (Wildman–Crippen LogP) is 3.15. The highest BCUT2D eigenvalue weighted by Gasteiger charge is 2.22. The summed E-state index contributed by atoms with van der Waals surface area (Å²) < 4.78 is 5.30. The molecule has 1 atom stereocenters. The van der Waals surface area contributed by atoms with Gasteiger partial charge in [0.2, 0.25) is 0 Å². The molecule has 106 valence electrons. The standard InChI is InChI=1S/C16H26N2O/c1-12-11-15(5-6-16(12)19-4)17-13(2)14-7-9-18(3)10-8-14/h5-6,11,13-14,17H,7-10H2,1-4H3. The van der Waals surface area contributed by atoms with E-state index in [-0.39, 0.29) is 0 Å². The lowest BCUT2D eigenvalue weighted by molar-refractivity contribution is 0.208. The average molecular weight is 262 g/mol. The van der Waals surface area contributed by atoms with Crippen molar-refractivity contribution in [3.63, 3.8) is 0 Å². The molecule has 0 spiro atoms. The first-order valence-corrected chi connectivity index (χ1v) is 7.20. The number of nitrogens with zero attached hydrogens (tertiary/aromatic N) is 1. The number of rotatable bonds is 4. The van der Waals surface area contributed by atoms with E-state index in [1.165, 1.54) is 37.2 Å². The van der Waals surface area contributed by atoms with E-state index < -0.39 is 0 Å². The number of piperidine rings is 1. The molecule has 19 heavy (non-hydrogen) atoms. The zero-order valence-electron chi connectivity index (χ0n) is 12.6. The first kappa shape index (κ1) is 14.2. The van der Waals surface area contributed by atoms with Crippen LogP contribution in [0.1, 0.15) is 25.3 Å². The molecule has 2 rings (SSSR count). The quantitative estimate of drug-likeness (QED) is 0.902. The second kappa shape index (κ2) is 6.29. The summed E-state index contributed by atoms with van der Waals surface area (Å²) in [5, 5.41) is 3.64. The zero-order valence-corrected chi connectivity index (χ0v) is 12.6. The monoisotopic (exact) mass is 262 g/mol. The highest BCUT2D eigenvalue weighted by atomic mass is 16.5. The molecule has 1 saturated heterocycles. The van der Waals surface area contributed by atoms with Crippen LogP contribution in [0, 0.1) is 12.8 Å². The van der Waals surface area contributed by atoms with Crippen molar-refractivity contribution in [1.29, 1.82) is 0 Å². The van der Waals surface area contributed by atoms with Crippen molar-refractivity contribution in [1.82, 2.24) is 4.90 Å². The van der Waals surface area contributed by atoms with Gasteiger partial charge in [-0.3, -0.25) is 0 Å². The van der Waals surface area contributed by atoms with Crippen LogP contribution in [-0.4, -0.2) is 38.2 Å². The lowest BCUT2D eigenvalue weighted by Crippen LogP contribution is -2.37. The number of benzene rings is 1. The maximum Gasteiger partial charge on any atom is 0.121 e. The second-order valence-corrected chi connectivity index (χ2v) is 5.76. The molecule has 0 aromatic heterocycles. The Kier molecular flexibility index (Phi) is 4.70. The van der Waals surface area contributed by atoms with Crippen LogP contribution in [0.3, 0.4) is 0 Å². The van der Waals surface area contributed by atoms with Gasteiger partial charge in [0.25, 0.3) is 0 Å². The van der Waals surface area contributed by atoms with E-state index in [1.807, 2.05) is 6.07 Å². The van der Waals surface area contributed by atoms with Gasteiger partial charge in [-0.1, -0.05) is 0 Å². The highest BCUT2D eigenvalue weighted by Crippen LogP contribution is 2.25. The summed E-state index contributed by atoms with van der Waals surface area (Å²) in [7, 11) is 3.93. The van der Waals surface area contributed by atoms with Crippen molar-refractivity contribution in [3.8, 4) is 5.75 Å². The lowest BCUT2D eigenvalue weighted by Gasteiger charge is -2.33. The van der Waals surface area contributed by atoms with Crippen LogP contribution >= 0.6 is 0 Å². The van der Waals surface area contributed by atoms with Gasteiger partial charge in [0.05, 0.1) is 7.11 Å². The summed E-state index contributed by atoms with van der Waals surface area (Å²) in [5.41, 5.74) is 2.38. The molecule has 0 bridgehead atoms. The number of ether oxygens (including phenoxy) is 1. The van der Waals surface area contributed by atoms with Crippen molar-refractivity contribution >= 4 is 5.69 Å². The lowest BCUT2D eigenvalue weighted by atomic mass is 9.90. The van der Waals surface area contributed by atoms with E-state index in [9.17, 15) is 0 Å². The Balaban J connectivity index is 1.95. The maximum absolute atomic E-state index is 5.30. The smallest absolute Gasteiger partial charge is 0.121 e. The van der Waals surface area contributed by atoms with Gasteiger partial charge < -0.3 is 15.0 Å². The van der Waals surface area contributed by atoms with E-state index >= 15 is 0 Å². The number of hydrogen-bond acceptors (Lipinski definition) is 3.